The molecule has 1 atom stereocenters. The van der Waals surface area contributed by atoms with Gasteiger partial charge in [-0.3, -0.25) is 14.4 Å². The number of piperidine rings is 1. The molecule has 4 rings (SSSR count). The number of nitrogens with zero attached hydrogens (tertiary/aromatic N) is 1. The molecule has 0 bridgehead atoms. The second-order valence-corrected chi connectivity index (χ2v) is 11.1. The van der Waals surface area contributed by atoms with E-state index in [4.69, 9.17) is 23.2 Å². The van der Waals surface area contributed by atoms with Crippen molar-refractivity contribution in [3.63, 3.8) is 0 Å². The summed E-state index contributed by atoms with van der Waals surface area (Å²) < 4.78 is 0. The van der Waals surface area contributed by atoms with Crippen LogP contribution in [-0.4, -0.2) is 52.8 Å². The third kappa shape index (κ3) is 7.05. The molecule has 1 heterocycles. The molecule has 8 nitrogen and oxygen atoms in total. The van der Waals surface area contributed by atoms with E-state index in [2.05, 4.69) is 10.6 Å². The molecular formula is C28H31Cl2N3O5. The fourth-order valence-corrected chi connectivity index (χ4v) is 5.99. The predicted octanol–water partition coefficient (Wildman–Crippen LogP) is 5.39. The van der Waals surface area contributed by atoms with Crippen LogP contribution >= 0.6 is 23.2 Å². The van der Waals surface area contributed by atoms with Crippen molar-refractivity contribution in [2.24, 2.45) is 5.41 Å². The van der Waals surface area contributed by atoms with E-state index in [1.165, 1.54) is 62.1 Å². The lowest BCUT2D eigenvalue weighted by Gasteiger charge is -2.40. The van der Waals surface area contributed by atoms with Crippen LogP contribution in [0.4, 0.5) is 5.69 Å². The summed E-state index contributed by atoms with van der Waals surface area (Å²) in [5.41, 5.74) is 0.942. The van der Waals surface area contributed by atoms with Gasteiger partial charge in [0.25, 0.3) is 5.91 Å². The monoisotopic (exact) mass is 559 g/mol. The Morgan fingerprint density at radius 1 is 0.921 bits per heavy atom. The zero-order valence-corrected chi connectivity index (χ0v) is 22.5. The number of carbonyl (C=O) groups excluding carboxylic acids is 3. The summed E-state index contributed by atoms with van der Waals surface area (Å²) in [6, 6.07) is 9.44. The molecular weight excluding hydrogens is 529 g/mol. The number of nitrogens with one attached hydrogen (secondary N) is 2. The Labute approximate surface area is 231 Å². The van der Waals surface area contributed by atoms with Crippen LogP contribution in [0.3, 0.4) is 0 Å². The lowest BCUT2D eigenvalue weighted by molar-refractivity contribution is -0.135. The molecule has 1 aliphatic heterocycles. The number of carbonyl (C=O) groups is 4. The molecule has 10 heteroatoms. The van der Waals surface area contributed by atoms with Crippen LogP contribution in [-0.2, 0) is 9.59 Å². The Bertz CT molecular complexity index is 1200. The molecule has 202 valence electrons. The second-order valence-electron chi connectivity index (χ2n) is 10.2. The summed E-state index contributed by atoms with van der Waals surface area (Å²) in [4.78, 5) is 52.3. The first-order valence-electron chi connectivity index (χ1n) is 12.8. The minimum Gasteiger partial charge on any atom is -0.478 e. The van der Waals surface area contributed by atoms with E-state index in [1.54, 1.807) is 11.0 Å². The maximum atomic E-state index is 13.6. The SMILES string of the molecule is O=C(CC[C@@H](NC(=O)c1cc(Cl)cc(Cl)c1)C(=O)N1CCC2(CCCC2)CC1)Nc1cccc(C(=O)O)c1. The molecule has 1 aliphatic carbocycles. The highest BCUT2D eigenvalue weighted by Crippen LogP contribution is 2.46. The average Bonchev–Trinajstić information content (AvgIpc) is 3.33. The number of amides is 3. The van der Waals surface area contributed by atoms with Crippen molar-refractivity contribution >= 4 is 52.6 Å². The first-order chi connectivity index (χ1) is 18.1. The van der Waals surface area contributed by atoms with Crippen molar-refractivity contribution in [1.82, 2.24) is 10.2 Å². The molecule has 1 saturated carbocycles. The molecule has 2 aliphatic rings. The molecule has 38 heavy (non-hydrogen) atoms. The number of likely N-dealkylation sites (tertiary alicyclic amines) is 1. The lowest BCUT2D eigenvalue weighted by atomic mass is 9.77. The number of benzene rings is 2. The molecule has 1 saturated heterocycles. The van der Waals surface area contributed by atoms with Crippen molar-refractivity contribution in [2.75, 3.05) is 18.4 Å². The Morgan fingerprint density at radius 3 is 2.21 bits per heavy atom. The molecule has 3 amide bonds. The highest BCUT2D eigenvalue weighted by atomic mass is 35.5. The summed E-state index contributed by atoms with van der Waals surface area (Å²) in [6.45, 7) is 1.25. The van der Waals surface area contributed by atoms with Crippen LogP contribution in [0, 0.1) is 5.41 Å². The van der Waals surface area contributed by atoms with Gasteiger partial charge in [-0.25, -0.2) is 4.79 Å². The summed E-state index contributed by atoms with van der Waals surface area (Å²) in [6.07, 6.45) is 6.79. The first-order valence-corrected chi connectivity index (χ1v) is 13.6. The van der Waals surface area contributed by atoms with Crippen molar-refractivity contribution in [3.8, 4) is 0 Å². The molecule has 1 spiro atoms. The number of halogens is 2. The van der Waals surface area contributed by atoms with Gasteiger partial charge in [-0.05, 0) is 73.9 Å². The third-order valence-electron chi connectivity index (χ3n) is 7.58. The number of aromatic carboxylic acids is 1. The zero-order chi connectivity index (χ0) is 27.3. The minimum atomic E-state index is -1.10. The minimum absolute atomic E-state index is 0.0495. The highest BCUT2D eigenvalue weighted by Gasteiger charge is 2.39. The average molecular weight is 560 g/mol. The maximum absolute atomic E-state index is 13.6. The van der Waals surface area contributed by atoms with Crippen LogP contribution in [0.5, 0.6) is 0 Å². The molecule has 2 fully saturated rings. The van der Waals surface area contributed by atoms with Gasteiger partial charge in [0.05, 0.1) is 5.56 Å². The van der Waals surface area contributed by atoms with Crippen molar-refractivity contribution in [1.29, 1.82) is 0 Å². The van der Waals surface area contributed by atoms with Crippen molar-refractivity contribution < 1.29 is 24.3 Å². The van der Waals surface area contributed by atoms with E-state index in [9.17, 15) is 24.3 Å². The Kier molecular flexibility index (Phi) is 8.95. The number of anilines is 1. The quantitative estimate of drug-likeness (QED) is 0.400. The Balaban J connectivity index is 1.44. The third-order valence-corrected chi connectivity index (χ3v) is 8.02. The number of carboxylic acid groups (broad SMARTS) is 1. The van der Waals surface area contributed by atoms with Crippen LogP contribution in [0.15, 0.2) is 42.5 Å². The lowest BCUT2D eigenvalue weighted by Crippen LogP contribution is -2.52. The van der Waals surface area contributed by atoms with Gasteiger partial charge in [-0.1, -0.05) is 42.1 Å². The standard InChI is InChI=1S/C28H31Cl2N3O5/c29-20-14-19(15-21(30)17-20)25(35)32-23(26(36)33-12-10-28(11-13-33)8-1-2-9-28)6-7-24(34)31-22-5-3-4-18(16-22)27(37)38/h3-5,14-17,23H,1-2,6-13H2,(H,31,34)(H,32,35)(H,37,38)/t23-/m1/s1. The maximum Gasteiger partial charge on any atom is 0.335 e. The van der Waals surface area contributed by atoms with Crippen LogP contribution in [0.1, 0.15) is 72.1 Å². The van der Waals surface area contributed by atoms with E-state index in [-0.39, 0.29) is 29.9 Å². The zero-order valence-electron chi connectivity index (χ0n) is 21.0. The number of hydrogen-bond donors (Lipinski definition) is 3. The van der Waals surface area contributed by atoms with Crippen molar-refractivity contribution in [3.05, 3.63) is 63.6 Å². The van der Waals surface area contributed by atoms with Gasteiger partial charge >= 0.3 is 5.97 Å². The Morgan fingerprint density at radius 2 is 1.58 bits per heavy atom. The van der Waals surface area contributed by atoms with Gasteiger partial charge in [-0.2, -0.15) is 0 Å². The van der Waals surface area contributed by atoms with Crippen molar-refractivity contribution in [2.45, 2.75) is 57.4 Å². The largest absolute Gasteiger partial charge is 0.478 e. The van der Waals surface area contributed by atoms with Crippen LogP contribution < -0.4 is 10.6 Å². The number of hydrogen-bond acceptors (Lipinski definition) is 4. The number of carboxylic acids is 1. The van der Waals surface area contributed by atoms with E-state index in [0.717, 1.165) is 12.8 Å². The molecule has 0 radical (unpaired) electrons. The fourth-order valence-electron chi connectivity index (χ4n) is 5.46. The summed E-state index contributed by atoms with van der Waals surface area (Å²) in [7, 11) is 0. The Hall–Kier alpha value is -3.10. The topological polar surface area (TPSA) is 116 Å². The van der Waals surface area contributed by atoms with Gasteiger partial charge in [0.15, 0.2) is 0 Å². The fraction of sp³-hybridized carbons (Fsp3) is 0.429. The number of rotatable bonds is 8. The van der Waals surface area contributed by atoms with Gasteiger partial charge in [0.2, 0.25) is 11.8 Å². The van der Waals surface area contributed by atoms with Gasteiger partial charge in [0, 0.05) is 40.8 Å². The molecule has 0 unspecified atom stereocenters. The van der Waals surface area contributed by atoms with E-state index >= 15 is 0 Å². The van der Waals surface area contributed by atoms with E-state index in [1.807, 2.05) is 0 Å². The molecule has 2 aromatic rings. The van der Waals surface area contributed by atoms with Gasteiger partial charge in [0.1, 0.15) is 6.04 Å². The smallest absolute Gasteiger partial charge is 0.335 e. The summed E-state index contributed by atoms with van der Waals surface area (Å²) >= 11 is 12.1. The normalized spacial score (nSPS) is 17.2. The summed E-state index contributed by atoms with van der Waals surface area (Å²) in [5, 5.41) is 15.2. The van der Waals surface area contributed by atoms with Gasteiger partial charge in [-0.15, -0.1) is 0 Å². The first kappa shape index (κ1) is 27.9. The predicted molar refractivity (Wildman–Crippen MR) is 146 cm³/mol. The summed E-state index contributed by atoms with van der Waals surface area (Å²) in [5.74, 6) is -2.22. The van der Waals surface area contributed by atoms with Gasteiger partial charge < -0.3 is 20.6 Å². The molecule has 0 aromatic heterocycles. The van der Waals surface area contributed by atoms with E-state index < -0.39 is 23.8 Å². The molecule has 3 N–H and O–H groups in total. The van der Waals surface area contributed by atoms with Crippen LogP contribution in [0.25, 0.3) is 0 Å². The highest BCUT2D eigenvalue weighted by molar-refractivity contribution is 6.35. The van der Waals surface area contributed by atoms with Crippen LogP contribution in [0.2, 0.25) is 10.0 Å². The van der Waals surface area contributed by atoms with E-state index in [0.29, 0.717) is 34.2 Å². The second kappa shape index (κ2) is 12.2. The molecule has 2 aromatic carbocycles.